The fraction of sp³-hybridized carbons (Fsp3) is 0.359. The first kappa shape index (κ1) is 34.0. The molecule has 2 atom stereocenters. The van der Waals surface area contributed by atoms with Crippen LogP contribution in [0.1, 0.15) is 36.8 Å². The van der Waals surface area contributed by atoms with E-state index in [1.165, 1.54) is 11.3 Å². The number of nitrogens with zero attached hydrogens (tertiary/aromatic N) is 3. The summed E-state index contributed by atoms with van der Waals surface area (Å²) in [7, 11) is 5.03. The van der Waals surface area contributed by atoms with E-state index >= 15 is 0 Å². The number of aliphatic hydroxyl groups is 1. The lowest BCUT2D eigenvalue weighted by molar-refractivity contribution is -0.126. The fourth-order valence-electron chi connectivity index (χ4n) is 7.29. The van der Waals surface area contributed by atoms with Crippen molar-refractivity contribution in [2.24, 2.45) is 13.0 Å². The molecule has 2 saturated heterocycles. The van der Waals surface area contributed by atoms with Gasteiger partial charge >= 0.3 is 0 Å². The van der Waals surface area contributed by atoms with Crippen LogP contribution in [0, 0.1) is 5.92 Å². The lowest BCUT2D eigenvalue weighted by Gasteiger charge is -2.34. The lowest BCUT2D eigenvalue weighted by Crippen LogP contribution is -2.51. The van der Waals surface area contributed by atoms with Gasteiger partial charge in [-0.05, 0) is 91.3 Å². The Labute approximate surface area is 296 Å². The van der Waals surface area contributed by atoms with Crippen LogP contribution in [0.15, 0.2) is 77.9 Å². The van der Waals surface area contributed by atoms with Gasteiger partial charge in [0.15, 0.2) is 0 Å². The SMILES string of the molecule is COc1cc(-c2cn(C)c(=O)c3[nH]ncc23)cc(OC)c1CNc1ccc(CC2CCN(c3ccc(NC4CCC(=O)NC4O)cc3)CC2)cc1. The number of hydrogen-bond acceptors (Lipinski definition) is 9. The number of carbonyl (C=O) groups is 1. The van der Waals surface area contributed by atoms with Crippen LogP contribution >= 0.6 is 0 Å². The van der Waals surface area contributed by atoms with Crippen molar-refractivity contribution in [3.05, 3.63) is 94.5 Å². The predicted octanol–water partition coefficient (Wildman–Crippen LogP) is 5.03. The third-order valence-electron chi connectivity index (χ3n) is 10.2. The van der Waals surface area contributed by atoms with Crippen molar-refractivity contribution in [2.45, 2.75) is 50.9 Å². The van der Waals surface area contributed by atoms with Gasteiger partial charge in [0.05, 0.1) is 32.0 Å². The minimum atomic E-state index is -0.870. The highest BCUT2D eigenvalue weighted by molar-refractivity contribution is 5.94. The van der Waals surface area contributed by atoms with Crippen molar-refractivity contribution in [3.8, 4) is 22.6 Å². The van der Waals surface area contributed by atoms with Crippen molar-refractivity contribution in [2.75, 3.05) is 42.8 Å². The smallest absolute Gasteiger partial charge is 0.276 e. The van der Waals surface area contributed by atoms with Crippen LogP contribution in [-0.4, -0.2) is 65.4 Å². The second kappa shape index (κ2) is 14.8. The minimum Gasteiger partial charge on any atom is -0.496 e. The monoisotopic (exact) mass is 691 g/mol. The molecule has 4 heterocycles. The predicted molar refractivity (Wildman–Crippen MR) is 200 cm³/mol. The number of carbonyl (C=O) groups excluding carboxylic acids is 1. The summed E-state index contributed by atoms with van der Waals surface area (Å²) in [4.78, 5) is 26.5. The average Bonchev–Trinajstić information content (AvgIpc) is 3.65. The zero-order valence-electron chi connectivity index (χ0n) is 29.2. The van der Waals surface area contributed by atoms with Gasteiger partial charge in [0.1, 0.15) is 23.2 Å². The summed E-state index contributed by atoms with van der Waals surface area (Å²) in [5.41, 5.74) is 7.44. The van der Waals surface area contributed by atoms with Crippen molar-refractivity contribution in [1.82, 2.24) is 20.1 Å². The van der Waals surface area contributed by atoms with Crippen LogP contribution in [0.5, 0.6) is 11.5 Å². The summed E-state index contributed by atoms with van der Waals surface area (Å²) in [6, 6.07) is 20.8. The van der Waals surface area contributed by atoms with E-state index in [-0.39, 0.29) is 17.5 Å². The Morgan fingerprint density at radius 1 is 0.941 bits per heavy atom. The van der Waals surface area contributed by atoms with Crippen LogP contribution in [0.3, 0.4) is 0 Å². The van der Waals surface area contributed by atoms with E-state index < -0.39 is 6.23 Å². The van der Waals surface area contributed by atoms with Gasteiger partial charge in [-0.25, -0.2) is 0 Å². The van der Waals surface area contributed by atoms with Crippen molar-refractivity contribution in [3.63, 3.8) is 0 Å². The summed E-state index contributed by atoms with van der Waals surface area (Å²) in [6.07, 6.45) is 6.96. The maximum Gasteiger partial charge on any atom is 0.276 e. The number of benzene rings is 3. The molecule has 0 aliphatic carbocycles. The molecular formula is C39H45N7O5. The molecule has 0 spiro atoms. The number of aryl methyl sites for hydroxylation is 1. The molecule has 12 heteroatoms. The summed E-state index contributed by atoms with van der Waals surface area (Å²) in [5, 5.41) is 27.3. The minimum absolute atomic E-state index is 0.108. The molecule has 2 fully saturated rings. The molecule has 5 aromatic rings. The van der Waals surface area contributed by atoms with Gasteiger partial charge in [-0.2, -0.15) is 5.10 Å². The number of aromatic nitrogens is 3. The number of fused-ring (bicyclic) bond motifs is 1. The number of anilines is 3. The summed E-state index contributed by atoms with van der Waals surface area (Å²) >= 11 is 0. The highest BCUT2D eigenvalue weighted by Crippen LogP contribution is 2.37. The number of aliphatic hydroxyl groups excluding tert-OH is 1. The Balaban J connectivity index is 0.930. The van der Waals surface area contributed by atoms with E-state index in [1.807, 2.05) is 18.3 Å². The van der Waals surface area contributed by atoms with Gasteiger partial charge in [0.2, 0.25) is 5.91 Å². The zero-order valence-corrected chi connectivity index (χ0v) is 29.2. The second-order valence-electron chi connectivity index (χ2n) is 13.5. The number of rotatable bonds is 11. The quantitative estimate of drug-likeness (QED) is 0.129. The first-order chi connectivity index (χ1) is 24.8. The van der Waals surface area contributed by atoms with E-state index in [0.29, 0.717) is 42.3 Å². The topological polar surface area (TPSA) is 146 Å². The number of piperidine rings is 2. The number of nitrogens with one attached hydrogen (secondary N) is 4. The number of amides is 1. The lowest BCUT2D eigenvalue weighted by atomic mass is 9.90. The Kier molecular flexibility index (Phi) is 9.85. The van der Waals surface area contributed by atoms with Crippen molar-refractivity contribution < 1.29 is 19.4 Å². The number of H-pyrrole nitrogens is 1. The van der Waals surface area contributed by atoms with Crippen LogP contribution in [-0.2, 0) is 24.8 Å². The standard InChI is InChI=1S/C39H45N7O5/c1-45-23-32(30-22-41-44-37(30)39(45)49)26-19-34(50-2)31(35(20-26)51-3)21-40-27-6-4-24(5-7-27)18-25-14-16-46(17-15-25)29-10-8-28(9-11-29)42-33-12-13-36(47)43-38(33)48/h4-11,19-20,22-23,25,33,38,40,42,48H,12-18,21H2,1-3H3,(H,41,44)(H,43,47). The molecule has 12 nitrogen and oxygen atoms in total. The van der Waals surface area contributed by atoms with Gasteiger partial charge in [0, 0.05) is 67.3 Å². The summed E-state index contributed by atoms with van der Waals surface area (Å²) in [6.45, 7) is 2.54. The molecule has 3 aromatic carbocycles. The van der Waals surface area contributed by atoms with Crippen molar-refractivity contribution >= 4 is 33.9 Å². The van der Waals surface area contributed by atoms with Gasteiger partial charge < -0.3 is 40.0 Å². The third-order valence-corrected chi connectivity index (χ3v) is 10.2. The largest absolute Gasteiger partial charge is 0.496 e. The van der Waals surface area contributed by atoms with Gasteiger partial charge in [-0.3, -0.25) is 14.7 Å². The van der Waals surface area contributed by atoms with Crippen LogP contribution < -0.4 is 35.9 Å². The molecule has 51 heavy (non-hydrogen) atoms. The van der Waals surface area contributed by atoms with E-state index in [1.54, 1.807) is 32.0 Å². The molecule has 2 aromatic heterocycles. The zero-order chi connectivity index (χ0) is 35.5. The molecule has 7 rings (SSSR count). The van der Waals surface area contributed by atoms with Gasteiger partial charge in [-0.15, -0.1) is 0 Å². The number of hydrogen-bond donors (Lipinski definition) is 5. The molecule has 2 unspecified atom stereocenters. The number of pyridine rings is 1. The van der Waals surface area contributed by atoms with E-state index in [4.69, 9.17) is 9.47 Å². The molecule has 1 amide bonds. The van der Waals surface area contributed by atoms with Crippen LogP contribution in [0.25, 0.3) is 22.0 Å². The second-order valence-corrected chi connectivity index (χ2v) is 13.5. The van der Waals surface area contributed by atoms with Crippen molar-refractivity contribution in [1.29, 1.82) is 0 Å². The Bertz CT molecular complexity index is 2020. The Morgan fingerprint density at radius 3 is 2.29 bits per heavy atom. The van der Waals surface area contributed by atoms with E-state index in [9.17, 15) is 14.7 Å². The number of aromatic amines is 1. The maximum absolute atomic E-state index is 12.6. The third kappa shape index (κ3) is 7.36. The maximum atomic E-state index is 12.6. The van der Waals surface area contributed by atoms with E-state index in [0.717, 1.165) is 65.8 Å². The number of ether oxygens (including phenoxy) is 2. The van der Waals surface area contributed by atoms with Gasteiger partial charge in [0.25, 0.3) is 5.56 Å². The molecule has 266 valence electrons. The molecule has 0 radical (unpaired) electrons. The van der Waals surface area contributed by atoms with Crippen LogP contribution in [0.2, 0.25) is 0 Å². The molecule has 0 saturated carbocycles. The molecule has 5 N–H and O–H groups in total. The first-order valence-corrected chi connectivity index (χ1v) is 17.5. The first-order valence-electron chi connectivity index (χ1n) is 17.5. The summed E-state index contributed by atoms with van der Waals surface area (Å²) in [5.74, 6) is 1.90. The molecule has 2 aliphatic heterocycles. The molecular weight excluding hydrogens is 646 g/mol. The fourth-order valence-corrected chi connectivity index (χ4v) is 7.29. The Hall–Kier alpha value is -5.49. The highest BCUT2D eigenvalue weighted by Gasteiger charge is 2.27. The average molecular weight is 692 g/mol. The number of methoxy groups -OCH3 is 2. The summed E-state index contributed by atoms with van der Waals surface area (Å²) < 4.78 is 13.2. The normalized spacial score (nSPS) is 18.0. The Morgan fingerprint density at radius 2 is 1.63 bits per heavy atom. The van der Waals surface area contributed by atoms with E-state index in [2.05, 4.69) is 79.6 Å². The molecule has 0 bridgehead atoms. The molecule has 2 aliphatic rings. The highest BCUT2D eigenvalue weighted by atomic mass is 16.5. The van der Waals surface area contributed by atoms with Gasteiger partial charge in [-0.1, -0.05) is 12.1 Å². The van der Waals surface area contributed by atoms with Crippen LogP contribution in [0.4, 0.5) is 17.1 Å².